The monoisotopic (exact) mass is 447 g/mol. The number of nitrogens with one attached hydrogen (secondary N) is 1. The Kier molecular flexibility index (Phi) is 7.15. The van der Waals surface area contributed by atoms with E-state index in [1.807, 2.05) is 60.7 Å². The van der Waals surface area contributed by atoms with Crippen LogP contribution in [0.3, 0.4) is 0 Å². The lowest BCUT2D eigenvalue weighted by atomic mass is 10.1. The van der Waals surface area contributed by atoms with E-state index in [2.05, 4.69) is 32.5 Å². The highest BCUT2D eigenvalue weighted by Gasteiger charge is 2.02. The molecule has 0 aromatic heterocycles. The van der Waals surface area contributed by atoms with Crippen molar-refractivity contribution in [2.24, 2.45) is 5.10 Å². The van der Waals surface area contributed by atoms with Crippen LogP contribution in [0.2, 0.25) is 0 Å². The van der Waals surface area contributed by atoms with Gasteiger partial charge in [-0.15, -0.1) is 0 Å². The summed E-state index contributed by atoms with van der Waals surface area (Å²) in [6, 6.07) is 24.4. The number of nitriles is 1. The lowest BCUT2D eigenvalue weighted by Crippen LogP contribution is -2.19. The topological polar surface area (TPSA) is 74.5 Å². The lowest BCUT2D eigenvalue weighted by Gasteiger charge is -2.07. The van der Waals surface area contributed by atoms with Gasteiger partial charge in [0.1, 0.15) is 12.4 Å². The first kappa shape index (κ1) is 20.3. The van der Waals surface area contributed by atoms with Gasteiger partial charge in [-0.2, -0.15) is 10.4 Å². The van der Waals surface area contributed by atoms with Crippen molar-refractivity contribution in [1.29, 1.82) is 5.26 Å². The number of benzene rings is 3. The third-order valence-corrected chi connectivity index (χ3v) is 4.56. The third kappa shape index (κ3) is 6.59. The summed E-state index contributed by atoms with van der Waals surface area (Å²) < 4.78 is 6.76. The number of ether oxygens (including phenoxy) is 1. The van der Waals surface area contributed by atoms with E-state index in [-0.39, 0.29) is 12.3 Å². The van der Waals surface area contributed by atoms with Crippen LogP contribution in [0.25, 0.3) is 0 Å². The summed E-state index contributed by atoms with van der Waals surface area (Å²) in [6.45, 7) is 0.399. The number of hydrogen-bond acceptors (Lipinski definition) is 4. The predicted molar refractivity (Wildman–Crippen MR) is 116 cm³/mol. The molecule has 5 nitrogen and oxygen atoms in total. The molecule has 0 atom stereocenters. The van der Waals surface area contributed by atoms with Gasteiger partial charge in [0.25, 0.3) is 0 Å². The van der Waals surface area contributed by atoms with Crippen molar-refractivity contribution in [2.45, 2.75) is 13.0 Å². The minimum Gasteiger partial charge on any atom is -0.489 e. The van der Waals surface area contributed by atoms with Gasteiger partial charge in [0, 0.05) is 4.47 Å². The highest BCUT2D eigenvalue weighted by Crippen LogP contribution is 2.15. The van der Waals surface area contributed by atoms with Crippen LogP contribution in [0.1, 0.15) is 22.3 Å². The zero-order chi connectivity index (χ0) is 20.5. The molecular weight excluding hydrogens is 430 g/mol. The number of halogens is 1. The molecule has 0 radical (unpaired) electrons. The van der Waals surface area contributed by atoms with Gasteiger partial charge in [0.2, 0.25) is 5.91 Å². The van der Waals surface area contributed by atoms with E-state index < -0.39 is 0 Å². The van der Waals surface area contributed by atoms with E-state index in [0.29, 0.717) is 17.9 Å². The zero-order valence-corrected chi connectivity index (χ0v) is 17.1. The Hall–Kier alpha value is -3.43. The molecule has 0 aliphatic rings. The van der Waals surface area contributed by atoms with Gasteiger partial charge in [-0.1, -0.05) is 52.3 Å². The molecule has 0 aliphatic heterocycles. The molecule has 144 valence electrons. The van der Waals surface area contributed by atoms with Crippen LogP contribution < -0.4 is 10.2 Å². The Labute approximate surface area is 177 Å². The van der Waals surface area contributed by atoms with E-state index in [9.17, 15) is 4.79 Å². The van der Waals surface area contributed by atoms with E-state index >= 15 is 0 Å². The van der Waals surface area contributed by atoms with Crippen molar-refractivity contribution in [3.05, 3.63) is 99.5 Å². The quantitative estimate of drug-likeness (QED) is 0.424. The van der Waals surface area contributed by atoms with Crippen LogP contribution >= 0.6 is 15.9 Å². The van der Waals surface area contributed by atoms with Crippen molar-refractivity contribution in [3.63, 3.8) is 0 Å². The highest BCUT2D eigenvalue weighted by atomic mass is 79.9. The summed E-state index contributed by atoms with van der Waals surface area (Å²) in [5, 5.41) is 12.8. The Balaban J connectivity index is 1.51. The maximum Gasteiger partial charge on any atom is 0.244 e. The number of hydrogen-bond donors (Lipinski definition) is 1. The number of hydrazone groups is 1. The van der Waals surface area contributed by atoms with Crippen LogP contribution in [0.15, 0.2) is 82.4 Å². The predicted octanol–water partition coefficient (Wildman–Crippen LogP) is 4.59. The van der Waals surface area contributed by atoms with E-state index in [1.165, 1.54) is 0 Å². The molecule has 0 fully saturated rings. The molecule has 1 amide bonds. The second-order valence-corrected chi connectivity index (χ2v) is 7.18. The second kappa shape index (κ2) is 10.2. The van der Waals surface area contributed by atoms with E-state index in [0.717, 1.165) is 21.2 Å². The summed E-state index contributed by atoms with van der Waals surface area (Å²) in [4.78, 5) is 12.0. The summed E-state index contributed by atoms with van der Waals surface area (Å²) in [5.74, 6) is 0.510. The molecule has 3 aromatic rings. The molecule has 0 saturated heterocycles. The third-order valence-electron chi connectivity index (χ3n) is 4.03. The highest BCUT2D eigenvalue weighted by molar-refractivity contribution is 9.10. The average Bonchev–Trinajstić information content (AvgIpc) is 2.74. The van der Waals surface area contributed by atoms with Gasteiger partial charge >= 0.3 is 0 Å². The molecular formula is C23H18BrN3O2. The fourth-order valence-corrected chi connectivity index (χ4v) is 2.80. The van der Waals surface area contributed by atoms with Crippen LogP contribution in [0.5, 0.6) is 5.75 Å². The Morgan fingerprint density at radius 2 is 1.79 bits per heavy atom. The minimum atomic E-state index is -0.184. The van der Waals surface area contributed by atoms with Crippen molar-refractivity contribution >= 4 is 28.1 Å². The Morgan fingerprint density at radius 3 is 2.52 bits per heavy atom. The largest absolute Gasteiger partial charge is 0.489 e. The van der Waals surface area contributed by atoms with Gasteiger partial charge in [-0.3, -0.25) is 4.79 Å². The number of amides is 1. The Bertz CT molecular complexity index is 1040. The number of carbonyl (C=O) groups is 1. The second-order valence-electron chi connectivity index (χ2n) is 6.27. The maximum absolute atomic E-state index is 12.0. The maximum atomic E-state index is 12.0. The van der Waals surface area contributed by atoms with E-state index in [4.69, 9.17) is 10.00 Å². The van der Waals surface area contributed by atoms with Gasteiger partial charge in [-0.25, -0.2) is 5.43 Å². The van der Waals surface area contributed by atoms with E-state index in [1.54, 1.807) is 18.3 Å². The fraction of sp³-hybridized carbons (Fsp3) is 0.0870. The molecule has 6 heteroatoms. The molecule has 0 heterocycles. The Morgan fingerprint density at radius 1 is 1.07 bits per heavy atom. The van der Waals surface area contributed by atoms with Crippen molar-refractivity contribution in [2.75, 3.05) is 0 Å². The summed E-state index contributed by atoms with van der Waals surface area (Å²) in [5.41, 5.74) is 5.86. The fourth-order valence-electron chi connectivity index (χ4n) is 2.53. The van der Waals surface area contributed by atoms with Gasteiger partial charge in [0.05, 0.1) is 24.3 Å². The van der Waals surface area contributed by atoms with Crippen molar-refractivity contribution < 1.29 is 9.53 Å². The summed E-state index contributed by atoms with van der Waals surface area (Å²) >= 11 is 3.37. The molecule has 0 saturated carbocycles. The van der Waals surface area contributed by atoms with Crippen molar-refractivity contribution in [3.8, 4) is 11.8 Å². The number of nitrogens with zero attached hydrogens (tertiary/aromatic N) is 2. The number of carbonyl (C=O) groups excluding carboxylic acids is 1. The molecule has 0 unspecified atom stereocenters. The van der Waals surface area contributed by atoms with Crippen molar-refractivity contribution in [1.82, 2.24) is 5.43 Å². The van der Waals surface area contributed by atoms with Crippen LogP contribution in [-0.4, -0.2) is 12.1 Å². The average molecular weight is 448 g/mol. The normalized spacial score (nSPS) is 10.5. The molecule has 3 aromatic carbocycles. The molecule has 0 bridgehead atoms. The van der Waals surface area contributed by atoms with Crippen LogP contribution in [0.4, 0.5) is 0 Å². The SMILES string of the molecule is N#Cc1ccc(COc2cccc(/C=N\NC(=O)Cc3ccc(Br)cc3)c2)cc1. The smallest absolute Gasteiger partial charge is 0.244 e. The first-order chi connectivity index (χ1) is 14.1. The molecule has 0 spiro atoms. The summed E-state index contributed by atoms with van der Waals surface area (Å²) in [6.07, 6.45) is 1.84. The van der Waals surface area contributed by atoms with Gasteiger partial charge in [-0.05, 0) is 53.1 Å². The molecule has 29 heavy (non-hydrogen) atoms. The minimum absolute atomic E-state index is 0.184. The lowest BCUT2D eigenvalue weighted by molar-refractivity contribution is -0.120. The molecule has 1 N–H and O–H groups in total. The molecule has 3 rings (SSSR count). The first-order valence-corrected chi connectivity index (χ1v) is 9.70. The van der Waals surface area contributed by atoms with Crippen LogP contribution in [-0.2, 0) is 17.8 Å². The standard InChI is InChI=1S/C23H18BrN3O2/c24-21-10-8-17(9-11-21)13-23(28)27-26-15-20-2-1-3-22(12-20)29-16-19-6-4-18(14-25)5-7-19/h1-12,15H,13,16H2,(H,27,28)/b26-15-. The summed E-state index contributed by atoms with van der Waals surface area (Å²) in [7, 11) is 0. The van der Waals surface area contributed by atoms with Gasteiger partial charge < -0.3 is 4.74 Å². The molecule has 0 aliphatic carbocycles. The first-order valence-electron chi connectivity index (χ1n) is 8.90. The van der Waals surface area contributed by atoms with Crippen LogP contribution in [0, 0.1) is 11.3 Å². The number of rotatable bonds is 7. The van der Waals surface area contributed by atoms with Gasteiger partial charge in [0.15, 0.2) is 0 Å². The zero-order valence-electron chi connectivity index (χ0n) is 15.5.